The molecular weight excluding hydrogens is 349 g/mol. The van der Waals surface area contributed by atoms with Crippen LogP contribution in [0, 0.1) is 0 Å². The van der Waals surface area contributed by atoms with Gasteiger partial charge in [-0.3, -0.25) is 14.6 Å². The Hall–Kier alpha value is -2.63. The first-order valence-corrected chi connectivity index (χ1v) is 7.70. The SMILES string of the molecule is O=C(Nc1cc(-c2ccncc2)c[nH]c1=O)c1cccc(Cl)c1Cl. The number of nitrogens with one attached hydrogen (secondary N) is 2. The number of carbonyl (C=O) groups excluding carboxylic acids is 1. The highest BCUT2D eigenvalue weighted by atomic mass is 35.5. The van der Waals surface area contributed by atoms with Crippen LogP contribution in [0.2, 0.25) is 10.0 Å². The Morgan fingerprint density at radius 2 is 1.83 bits per heavy atom. The number of benzene rings is 1. The lowest BCUT2D eigenvalue weighted by Gasteiger charge is -2.08. The Balaban J connectivity index is 1.94. The highest BCUT2D eigenvalue weighted by molar-refractivity contribution is 6.44. The standard InChI is InChI=1S/C17H11Cl2N3O2/c18-13-3-1-2-12(15(13)19)16(23)22-14-8-11(9-21-17(14)24)10-4-6-20-7-5-10/h1-9H,(H,21,24)(H,22,23). The van der Waals surface area contributed by atoms with Crippen molar-refractivity contribution in [3.05, 3.63) is 81.0 Å². The van der Waals surface area contributed by atoms with E-state index in [-0.39, 0.29) is 21.3 Å². The summed E-state index contributed by atoms with van der Waals surface area (Å²) in [5.41, 5.74) is 1.49. The highest BCUT2D eigenvalue weighted by Crippen LogP contribution is 2.26. The molecule has 0 aliphatic carbocycles. The smallest absolute Gasteiger partial charge is 0.271 e. The fourth-order valence-electron chi connectivity index (χ4n) is 2.16. The summed E-state index contributed by atoms with van der Waals surface area (Å²) in [4.78, 5) is 30.9. The second-order valence-corrected chi connectivity index (χ2v) is 5.71. The van der Waals surface area contributed by atoms with Gasteiger partial charge in [-0.1, -0.05) is 29.3 Å². The van der Waals surface area contributed by atoms with Gasteiger partial charge >= 0.3 is 0 Å². The Morgan fingerprint density at radius 3 is 2.58 bits per heavy atom. The monoisotopic (exact) mass is 359 g/mol. The van der Waals surface area contributed by atoms with E-state index >= 15 is 0 Å². The number of aromatic amines is 1. The van der Waals surface area contributed by atoms with Gasteiger partial charge in [-0.05, 0) is 35.9 Å². The van der Waals surface area contributed by atoms with Gasteiger partial charge in [0.1, 0.15) is 5.69 Å². The van der Waals surface area contributed by atoms with Gasteiger partial charge in [0.2, 0.25) is 0 Å². The number of halogens is 2. The van der Waals surface area contributed by atoms with Crippen LogP contribution in [0.4, 0.5) is 5.69 Å². The van der Waals surface area contributed by atoms with Crippen molar-refractivity contribution in [2.75, 3.05) is 5.32 Å². The molecule has 120 valence electrons. The van der Waals surface area contributed by atoms with E-state index in [1.165, 1.54) is 6.07 Å². The number of hydrogen-bond donors (Lipinski definition) is 2. The molecule has 24 heavy (non-hydrogen) atoms. The molecule has 3 rings (SSSR count). The number of carbonyl (C=O) groups is 1. The van der Waals surface area contributed by atoms with Gasteiger partial charge in [0.05, 0.1) is 15.6 Å². The summed E-state index contributed by atoms with van der Waals surface area (Å²) in [7, 11) is 0. The Morgan fingerprint density at radius 1 is 1.08 bits per heavy atom. The van der Waals surface area contributed by atoms with Crippen molar-refractivity contribution >= 4 is 34.8 Å². The van der Waals surface area contributed by atoms with Gasteiger partial charge in [0, 0.05) is 24.2 Å². The van der Waals surface area contributed by atoms with Crippen LogP contribution in [-0.4, -0.2) is 15.9 Å². The number of H-pyrrole nitrogens is 1. The predicted octanol–water partition coefficient (Wildman–Crippen LogP) is 4.00. The van der Waals surface area contributed by atoms with Crippen LogP contribution >= 0.6 is 23.2 Å². The molecule has 0 unspecified atom stereocenters. The van der Waals surface area contributed by atoms with Crippen molar-refractivity contribution in [2.45, 2.75) is 0 Å². The van der Waals surface area contributed by atoms with Gasteiger partial charge in [-0.25, -0.2) is 0 Å². The molecule has 7 heteroatoms. The molecule has 0 aliphatic heterocycles. The number of nitrogens with zero attached hydrogens (tertiary/aromatic N) is 1. The summed E-state index contributed by atoms with van der Waals surface area (Å²) in [6.45, 7) is 0. The molecule has 2 aromatic heterocycles. The minimum atomic E-state index is -0.514. The van der Waals surface area contributed by atoms with E-state index in [1.807, 2.05) is 0 Å². The zero-order valence-electron chi connectivity index (χ0n) is 12.2. The molecule has 1 aromatic carbocycles. The second kappa shape index (κ2) is 6.86. The van der Waals surface area contributed by atoms with E-state index in [0.29, 0.717) is 0 Å². The number of anilines is 1. The van der Waals surface area contributed by atoms with Crippen LogP contribution in [-0.2, 0) is 0 Å². The van der Waals surface area contributed by atoms with Crippen molar-refractivity contribution in [1.82, 2.24) is 9.97 Å². The summed E-state index contributed by atoms with van der Waals surface area (Å²) in [5, 5.41) is 2.97. The maximum atomic E-state index is 12.4. The molecule has 1 amide bonds. The third kappa shape index (κ3) is 3.32. The number of hydrogen-bond acceptors (Lipinski definition) is 3. The number of pyridine rings is 2. The zero-order chi connectivity index (χ0) is 17.1. The summed E-state index contributed by atoms with van der Waals surface area (Å²) in [5.74, 6) is -0.514. The van der Waals surface area contributed by atoms with E-state index in [9.17, 15) is 9.59 Å². The van der Waals surface area contributed by atoms with E-state index in [1.54, 1.807) is 48.9 Å². The van der Waals surface area contributed by atoms with Gasteiger partial charge < -0.3 is 10.3 Å². The van der Waals surface area contributed by atoms with Crippen molar-refractivity contribution in [2.24, 2.45) is 0 Å². The number of rotatable bonds is 3. The predicted molar refractivity (Wildman–Crippen MR) is 94.7 cm³/mol. The Labute approximate surface area is 147 Å². The first-order chi connectivity index (χ1) is 11.6. The fraction of sp³-hybridized carbons (Fsp3) is 0. The third-order valence-corrected chi connectivity index (χ3v) is 4.18. The van der Waals surface area contributed by atoms with Gasteiger partial charge in [-0.2, -0.15) is 0 Å². The minimum absolute atomic E-state index is 0.116. The molecule has 5 nitrogen and oxygen atoms in total. The van der Waals surface area contributed by atoms with Crippen molar-refractivity contribution in [1.29, 1.82) is 0 Å². The Bertz CT molecular complexity index is 956. The van der Waals surface area contributed by atoms with Crippen LogP contribution in [0.15, 0.2) is 59.8 Å². The third-order valence-electron chi connectivity index (χ3n) is 3.36. The maximum absolute atomic E-state index is 12.4. The van der Waals surface area contributed by atoms with E-state index < -0.39 is 11.5 Å². The quantitative estimate of drug-likeness (QED) is 0.742. The highest BCUT2D eigenvalue weighted by Gasteiger charge is 2.14. The van der Waals surface area contributed by atoms with E-state index in [4.69, 9.17) is 23.2 Å². The number of aromatic nitrogens is 2. The zero-order valence-corrected chi connectivity index (χ0v) is 13.7. The molecule has 0 atom stereocenters. The molecule has 2 heterocycles. The molecule has 0 saturated heterocycles. The molecule has 0 radical (unpaired) electrons. The lowest BCUT2D eigenvalue weighted by Crippen LogP contribution is -2.20. The fourth-order valence-corrected chi connectivity index (χ4v) is 2.54. The largest absolute Gasteiger partial charge is 0.327 e. The number of amides is 1. The first-order valence-electron chi connectivity index (χ1n) is 6.95. The van der Waals surface area contributed by atoms with Crippen LogP contribution in [0.5, 0.6) is 0 Å². The van der Waals surface area contributed by atoms with E-state index in [2.05, 4.69) is 15.3 Å². The maximum Gasteiger partial charge on any atom is 0.271 e. The molecule has 0 aliphatic rings. The minimum Gasteiger partial charge on any atom is -0.327 e. The average molecular weight is 360 g/mol. The van der Waals surface area contributed by atoms with Crippen molar-refractivity contribution in [3.63, 3.8) is 0 Å². The molecule has 0 spiro atoms. The van der Waals surface area contributed by atoms with E-state index in [0.717, 1.165) is 11.1 Å². The molecular formula is C17H11Cl2N3O2. The summed E-state index contributed by atoms with van der Waals surface area (Å²) < 4.78 is 0. The molecule has 0 fully saturated rings. The molecule has 2 N–H and O–H groups in total. The summed E-state index contributed by atoms with van der Waals surface area (Å²) in [6.07, 6.45) is 4.86. The lowest BCUT2D eigenvalue weighted by molar-refractivity contribution is 0.102. The second-order valence-electron chi connectivity index (χ2n) is 4.92. The molecule has 0 bridgehead atoms. The van der Waals surface area contributed by atoms with Crippen LogP contribution < -0.4 is 10.9 Å². The van der Waals surface area contributed by atoms with Crippen LogP contribution in [0.25, 0.3) is 11.1 Å². The summed E-state index contributed by atoms with van der Waals surface area (Å²) >= 11 is 11.9. The lowest BCUT2D eigenvalue weighted by atomic mass is 10.1. The molecule has 3 aromatic rings. The summed E-state index contributed by atoms with van der Waals surface area (Å²) in [6, 6.07) is 9.91. The molecule has 0 saturated carbocycles. The van der Waals surface area contributed by atoms with Gasteiger partial charge in [-0.15, -0.1) is 0 Å². The topological polar surface area (TPSA) is 74.8 Å². The average Bonchev–Trinajstić information content (AvgIpc) is 2.60. The van der Waals surface area contributed by atoms with Gasteiger partial charge in [0.25, 0.3) is 11.5 Å². The van der Waals surface area contributed by atoms with Crippen LogP contribution in [0.1, 0.15) is 10.4 Å². The normalized spacial score (nSPS) is 10.4. The Kier molecular flexibility index (Phi) is 4.64. The van der Waals surface area contributed by atoms with Crippen molar-refractivity contribution < 1.29 is 4.79 Å². The van der Waals surface area contributed by atoms with Gasteiger partial charge in [0.15, 0.2) is 0 Å². The van der Waals surface area contributed by atoms with Crippen LogP contribution in [0.3, 0.4) is 0 Å². The van der Waals surface area contributed by atoms with Crippen molar-refractivity contribution in [3.8, 4) is 11.1 Å². The first kappa shape index (κ1) is 16.2.